The second-order valence-corrected chi connectivity index (χ2v) is 7.11. The van der Waals surface area contributed by atoms with E-state index in [2.05, 4.69) is 28.7 Å². The summed E-state index contributed by atoms with van der Waals surface area (Å²) in [5.74, 6) is 0. The number of hydrogen-bond donors (Lipinski definition) is 0. The molecule has 18 heavy (non-hydrogen) atoms. The van der Waals surface area contributed by atoms with Crippen LogP contribution in [-0.4, -0.2) is 4.92 Å². The Morgan fingerprint density at radius 1 is 1.39 bits per heavy atom. The van der Waals surface area contributed by atoms with Gasteiger partial charge in [0.2, 0.25) is 0 Å². The average molecular weight is 394 g/mol. The molecule has 0 saturated heterocycles. The van der Waals surface area contributed by atoms with E-state index in [-0.39, 0.29) is 11.1 Å². The van der Waals surface area contributed by atoms with Crippen molar-refractivity contribution in [2.45, 2.75) is 11.8 Å². The number of rotatable bonds is 4. The molecule has 2 rings (SSSR count). The SMILES string of the molecule is O=[N+]([O-])c1ccc(CC(Cl)c2csc(I)c2)cc1. The summed E-state index contributed by atoms with van der Waals surface area (Å²) in [4.78, 5) is 10.1. The van der Waals surface area contributed by atoms with E-state index < -0.39 is 4.92 Å². The van der Waals surface area contributed by atoms with E-state index in [9.17, 15) is 10.1 Å². The molecule has 1 unspecified atom stereocenters. The average Bonchev–Trinajstić information content (AvgIpc) is 2.76. The Bertz CT molecular complexity index is 555. The summed E-state index contributed by atoms with van der Waals surface area (Å²) >= 11 is 10.2. The van der Waals surface area contributed by atoms with Crippen LogP contribution in [0, 0.1) is 13.0 Å². The Labute approximate surface area is 127 Å². The largest absolute Gasteiger partial charge is 0.269 e. The maximum absolute atomic E-state index is 10.5. The first kappa shape index (κ1) is 13.8. The van der Waals surface area contributed by atoms with E-state index in [0.717, 1.165) is 11.1 Å². The number of non-ortho nitro benzene ring substituents is 1. The minimum absolute atomic E-state index is 0.0915. The molecule has 0 radical (unpaired) electrons. The number of nitro benzene ring substituents is 1. The van der Waals surface area contributed by atoms with Crippen LogP contribution in [0.3, 0.4) is 0 Å². The molecule has 0 aliphatic heterocycles. The van der Waals surface area contributed by atoms with Crippen molar-refractivity contribution in [3.8, 4) is 0 Å². The van der Waals surface area contributed by atoms with Crippen molar-refractivity contribution in [1.29, 1.82) is 0 Å². The summed E-state index contributed by atoms with van der Waals surface area (Å²) < 4.78 is 1.21. The van der Waals surface area contributed by atoms with E-state index in [1.54, 1.807) is 23.5 Å². The molecule has 94 valence electrons. The van der Waals surface area contributed by atoms with Gasteiger partial charge in [0.25, 0.3) is 5.69 Å². The number of alkyl halides is 1. The van der Waals surface area contributed by atoms with Gasteiger partial charge in [-0.25, -0.2) is 0 Å². The van der Waals surface area contributed by atoms with Gasteiger partial charge < -0.3 is 0 Å². The van der Waals surface area contributed by atoms with Crippen LogP contribution < -0.4 is 0 Å². The van der Waals surface area contributed by atoms with Gasteiger partial charge in [0.1, 0.15) is 0 Å². The minimum atomic E-state index is -0.400. The van der Waals surface area contributed by atoms with Crippen LogP contribution >= 0.6 is 45.5 Å². The van der Waals surface area contributed by atoms with Crippen LogP contribution in [-0.2, 0) is 6.42 Å². The molecule has 1 aromatic carbocycles. The molecule has 0 aliphatic rings. The predicted octanol–water partition coefficient (Wildman–Crippen LogP) is 4.78. The number of thiophene rings is 1. The molecule has 0 saturated carbocycles. The van der Waals surface area contributed by atoms with Gasteiger partial charge in [-0.3, -0.25) is 10.1 Å². The molecule has 1 heterocycles. The Morgan fingerprint density at radius 2 is 2.06 bits per heavy atom. The smallest absolute Gasteiger partial charge is 0.258 e. The zero-order chi connectivity index (χ0) is 13.1. The summed E-state index contributed by atoms with van der Waals surface area (Å²) in [5.41, 5.74) is 2.21. The molecular weight excluding hydrogens is 385 g/mol. The van der Waals surface area contributed by atoms with Crippen molar-refractivity contribution in [2.24, 2.45) is 0 Å². The maximum atomic E-state index is 10.5. The van der Waals surface area contributed by atoms with Crippen LogP contribution in [0.4, 0.5) is 5.69 Å². The Kier molecular flexibility index (Phi) is 4.58. The summed E-state index contributed by atoms with van der Waals surface area (Å²) in [5, 5.41) is 12.5. The van der Waals surface area contributed by atoms with Crippen LogP contribution in [0.5, 0.6) is 0 Å². The van der Waals surface area contributed by atoms with Crippen LogP contribution in [0.25, 0.3) is 0 Å². The summed E-state index contributed by atoms with van der Waals surface area (Å²) in [6, 6.07) is 8.59. The lowest BCUT2D eigenvalue weighted by Crippen LogP contribution is -1.95. The highest BCUT2D eigenvalue weighted by Crippen LogP contribution is 2.30. The normalized spacial score (nSPS) is 12.3. The fraction of sp³-hybridized carbons (Fsp3) is 0.167. The zero-order valence-electron chi connectivity index (χ0n) is 9.18. The Hall–Kier alpha value is -0.660. The van der Waals surface area contributed by atoms with Gasteiger partial charge in [0.05, 0.1) is 13.2 Å². The highest BCUT2D eigenvalue weighted by atomic mass is 127. The molecule has 6 heteroatoms. The highest BCUT2D eigenvalue weighted by Gasteiger charge is 2.12. The molecule has 0 N–H and O–H groups in total. The van der Waals surface area contributed by atoms with Gasteiger partial charge in [-0.15, -0.1) is 22.9 Å². The summed E-state index contributed by atoms with van der Waals surface area (Å²) in [6.45, 7) is 0. The van der Waals surface area contributed by atoms with Gasteiger partial charge >= 0.3 is 0 Å². The van der Waals surface area contributed by atoms with E-state index in [1.807, 2.05) is 5.38 Å². The minimum Gasteiger partial charge on any atom is -0.258 e. The van der Waals surface area contributed by atoms with Crippen LogP contribution in [0.15, 0.2) is 35.7 Å². The molecule has 2 aromatic rings. The number of nitrogens with zero attached hydrogens (tertiary/aromatic N) is 1. The first-order valence-corrected chi connectivity index (χ1v) is 7.57. The molecule has 0 spiro atoms. The molecule has 3 nitrogen and oxygen atoms in total. The van der Waals surface area contributed by atoms with E-state index >= 15 is 0 Å². The highest BCUT2D eigenvalue weighted by molar-refractivity contribution is 14.1. The van der Waals surface area contributed by atoms with Gasteiger partial charge in [-0.2, -0.15) is 0 Å². The topological polar surface area (TPSA) is 43.1 Å². The van der Waals surface area contributed by atoms with Gasteiger partial charge in [0, 0.05) is 12.1 Å². The summed E-state index contributed by atoms with van der Waals surface area (Å²) in [7, 11) is 0. The van der Waals surface area contributed by atoms with Crippen molar-refractivity contribution in [2.75, 3.05) is 0 Å². The molecule has 0 aliphatic carbocycles. The fourth-order valence-corrected chi connectivity index (χ4v) is 3.37. The van der Waals surface area contributed by atoms with Crippen molar-refractivity contribution >= 4 is 51.2 Å². The third-order valence-electron chi connectivity index (χ3n) is 2.51. The van der Waals surface area contributed by atoms with Gasteiger partial charge in [0.15, 0.2) is 0 Å². The molecule has 1 atom stereocenters. The van der Waals surface area contributed by atoms with E-state index in [0.29, 0.717) is 6.42 Å². The lowest BCUT2D eigenvalue weighted by atomic mass is 10.1. The first-order chi connectivity index (χ1) is 8.56. The van der Waals surface area contributed by atoms with Gasteiger partial charge in [-0.05, 0) is 51.6 Å². The van der Waals surface area contributed by atoms with Crippen molar-refractivity contribution in [1.82, 2.24) is 0 Å². The van der Waals surface area contributed by atoms with E-state index in [1.165, 1.54) is 15.0 Å². The number of halogens is 2. The molecule has 0 bridgehead atoms. The summed E-state index contributed by atoms with van der Waals surface area (Å²) in [6.07, 6.45) is 0.673. The number of nitro groups is 1. The fourth-order valence-electron chi connectivity index (χ4n) is 1.57. The lowest BCUT2D eigenvalue weighted by Gasteiger charge is -2.07. The van der Waals surface area contributed by atoms with Crippen LogP contribution in [0.2, 0.25) is 0 Å². The van der Waals surface area contributed by atoms with Gasteiger partial charge in [-0.1, -0.05) is 12.1 Å². The molecular formula is C12H9ClINO2S. The lowest BCUT2D eigenvalue weighted by molar-refractivity contribution is -0.384. The third kappa shape index (κ3) is 3.43. The van der Waals surface area contributed by atoms with Crippen molar-refractivity contribution in [3.05, 3.63) is 59.8 Å². The molecule has 1 aromatic heterocycles. The molecule has 0 fully saturated rings. The van der Waals surface area contributed by atoms with Crippen molar-refractivity contribution < 1.29 is 4.92 Å². The predicted molar refractivity (Wildman–Crippen MR) is 82.4 cm³/mol. The maximum Gasteiger partial charge on any atom is 0.269 e. The zero-order valence-corrected chi connectivity index (χ0v) is 12.9. The Morgan fingerprint density at radius 3 is 2.56 bits per heavy atom. The third-order valence-corrected chi connectivity index (χ3v) is 4.73. The number of hydrogen-bond acceptors (Lipinski definition) is 3. The van der Waals surface area contributed by atoms with Crippen molar-refractivity contribution in [3.63, 3.8) is 0 Å². The monoisotopic (exact) mass is 393 g/mol. The standard InChI is InChI=1S/C12H9ClINO2S/c13-11(9-6-12(14)18-7-9)5-8-1-3-10(4-2-8)15(16)17/h1-4,6-7,11H,5H2. The number of benzene rings is 1. The van der Waals surface area contributed by atoms with E-state index in [4.69, 9.17) is 11.6 Å². The first-order valence-electron chi connectivity index (χ1n) is 5.17. The second-order valence-electron chi connectivity index (χ2n) is 3.78. The second kappa shape index (κ2) is 5.99. The van der Waals surface area contributed by atoms with Crippen LogP contribution in [0.1, 0.15) is 16.5 Å². The quantitative estimate of drug-likeness (QED) is 0.325. The Balaban J connectivity index is 2.07. The molecule has 0 amide bonds.